The van der Waals surface area contributed by atoms with E-state index in [1.54, 1.807) is 6.07 Å². The highest BCUT2D eigenvalue weighted by Crippen LogP contribution is 2.20. The van der Waals surface area contributed by atoms with Crippen molar-refractivity contribution in [2.75, 3.05) is 7.11 Å². The minimum Gasteiger partial charge on any atom is -0.507 e. The summed E-state index contributed by atoms with van der Waals surface area (Å²) in [7, 11) is 1.26. The largest absolute Gasteiger partial charge is 0.507 e. The number of rotatable bonds is 1. The lowest BCUT2D eigenvalue weighted by Gasteiger charge is -2.02. The second kappa shape index (κ2) is 3.49. The zero-order chi connectivity index (χ0) is 9.14. The van der Waals surface area contributed by atoms with Gasteiger partial charge in [-0.15, -0.1) is 12.6 Å². The summed E-state index contributed by atoms with van der Waals surface area (Å²) >= 11 is 4.02. The summed E-state index contributed by atoms with van der Waals surface area (Å²) in [5.41, 5.74) is 0.130. The number of carbonyl (C=O) groups is 1. The molecule has 1 N–H and O–H groups in total. The number of aromatic hydroxyl groups is 1. The van der Waals surface area contributed by atoms with Crippen LogP contribution >= 0.6 is 12.6 Å². The lowest BCUT2D eigenvalue weighted by atomic mass is 10.2. The van der Waals surface area contributed by atoms with E-state index in [1.807, 2.05) is 0 Å². The van der Waals surface area contributed by atoms with E-state index in [-0.39, 0.29) is 11.3 Å². The molecule has 0 atom stereocenters. The summed E-state index contributed by atoms with van der Waals surface area (Å²) in [6.07, 6.45) is 0. The molecule has 0 aliphatic heterocycles. The van der Waals surface area contributed by atoms with E-state index in [4.69, 9.17) is 0 Å². The lowest BCUT2D eigenvalue weighted by Crippen LogP contribution is -2.01. The second-order valence-corrected chi connectivity index (χ2v) is 2.71. The van der Waals surface area contributed by atoms with E-state index in [1.165, 1.54) is 19.2 Å². The van der Waals surface area contributed by atoms with Crippen molar-refractivity contribution in [2.45, 2.75) is 4.90 Å². The maximum atomic E-state index is 11.0. The first-order valence-electron chi connectivity index (χ1n) is 3.25. The van der Waals surface area contributed by atoms with Crippen molar-refractivity contribution in [1.29, 1.82) is 0 Å². The molecule has 0 fully saturated rings. The van der Waals surface area contributed by atoms with Gasteiger partial charge in [-0.05, 0) is 18.2 Å². The molecule has 0 spiro atoms. The van der Waals surface area contributed by atoms with Crippen LogP contribution in [0.15, 0.2) is 23.1 Å². The third-order valence-corrected chi connectivity index (χ3v) is 1.66. The summed E-state index contributed by atoms with van der Waals surface area (Å²) in [5, 5.41) is 9.20. The summed E-state index contributed by atoms with van der Waals surface area (Å²) in [5.74, 6) is -0.664. The van der Waals surface area contributed by atoms with Crippen molar-refractivity contribution in [3.05, 3.63) is 23.8 Å². The number of esters is 1. The van der Waals surface area contributed by atoms with E-state index in [0.29, 0.717) is 4.90 Å². The molecule has 0 aliphatic carbocycles. The van der Waals surface area contributed by atoms with E-state index >= 15 is 0 Å². The molecular weight excluding hydrogens is 176 g/mol. The van der Waals surface area contributed by atoms with Gasteiger partial charge in [0.25, 0.3) is 0 Å². The van der Waals surface area contributed by atoms with Crippen molar-refractivity contribution in [1.82, 2.24) is 0 Å². The molecule has 0 aromatic heterocycles. The van der Waals surface area contributed by atoms with Gasteiger partial charge in [-0.2, -0.15) is 0 Å². The van der Waals surface area contributed by atoms with Gasteiger partial charge in [-0.1, -0.05) is 0 Å². The van der Waals surface area contributed by atoms with E-state index in [0.717, 1.165) is 0 Å². The first-order valence-corrected chi connectivity index (χ1v) is 3.70. The Morgan fingerprint density at radius 2 is 2.25 bits per heavy atom. The molecule has 3 nitrogen and oxygen atoms in total. The second-order valence-electron chi connectivity index (χ2n) is 2.19. The molecule has 12 heavy (non-hydrogen) atoms. The van der Waals surface area contributed by atoms with Gasteiger partial charge >= 0.3 is 5.97 Å². The van der Waals surface area contributed by atoms with Gasteiger partial charge in [0.1, 0.15) is 11.3 Å². The Morgan fingerprint density at radius 3 is 2.83 bits per heavy atom. The van der Waals surface area contributed by atoms with Crippen molar-refractivity contribution in [3.63, 3.8) is 0 Å². The van der Waals surface area contributed by atoms with Gasteiger partial charge < -0.3 is 9.84 Å². The van der Waals surface area contributed by atoms with Crippen LogP contribution in [0.4, 0.5) is 0 Å². The molecule has 1 aromatic rings. The average Bonchev–Trinajstić information content (AvgIpc) is 2.08. The SMILES string of the molecule is COC(=O)c1cc(S)ccc1O. The Kier molecular flexibility index (Phi) is 2.60. The lowest BCUT2D eigenvalue weighted by molar-refractivity contribution is 0.0597. The monoisotopic (exact) mass is 184 g/mol. The fourth-order valence-corrected chi connectivity index (χ4v) is 1.00. The standard InChI is InChI=1S/C8H8O3S/c1-11-8(10)6-4-5(12)2-3-7(6)9/h2-4,9,12H,1H3. The van der Waals surface area contributed by atoms with Gasteiger partial charge in [0.15, 0.2) is 0 Å². The number of phenols is 1. The molecule has 0 heterocycles. The van der Waals surface area contributed by atoms with Crippen LogP contribution in [0.2, 0.25) is 0 Å². The van der Waals surface area contributed by atoms with Crippen molar-refractivity contribution in [3.8, 4) is 5.75 Å². The molecule has 0 radical (unpaired) electrons. The molecular formula is C8H8O3S. The van der Waals surface area contributed by atoms with E-state index < -0.39 is 5.97 Å². The van der Waals surface area contributed by atoms with Gasteiger partial charge in [0.05, 0.1) is 7.11 Å². The molecule has 0 aliphatic rings. The highest BCUT2D eigenvalue weighted by Gasteiger charge is 2.10. The number of benzene rings is 1. The Balaban J connectivity index is 3.13. The fourth-order valence-electron chi connectivity index (χ4n) is 0.797. The van der Waals surface area contributed by atoms with E-state index in [9.17, 15) is 9.90 Å². The normalized spacial score (nSPS) is 9.50. The number of phenolic OH excluding ortho intramolecular Hbond substituents is 1. The van der Waals surface area contributed by atoms with Crippen molar-refractivity contribution < 1.29 is 14.6 Å². The maximum absolute atomic E-state index is 11.0. The molecule has 4 heteroatoms. The molecule has 64 valence electrons. The molecule has 0 unspecified atom stereocenters. The van der Waals surface area contributed by atoms with Crippen LogP contribution in [0, 0.1) is 0 Å². The smallest absolute Gasteiger partial charge is 0.341 e. The Hall–Kier alpha value is -1.16. The predicted octanol–water partition coefficient (Wildman–Crippen LogP) is 1.47. The fraction of sp³-hybridized carbons (Fsp3) is 0.125. The van der Waals surface area contributed by atoms with Crippen LogP contribution in [0.3, 0.4) is 0 Å². The number of hydrogen-bond acceptors (Lipinski definition) is 4. The van der Waals surface area contributed by atoms with Gasteiger partial charge in [-0.3, -0.25) is 0 Å². The van der Waals surface area contributed by atoms with Gasteiger partial charge in [-0.25, -0.2) is 4.79 Å². The highest BCUT2D eigenvalue weighted by atomic mass is 32.1. The zero-order valence-corrected chi connectivity index (χ0v) is 7.34. The highest BCUT2D eigenvalue weighted by molar-refractivity contribution is 7.80. The minimum absolute atomic E-state index is 0.0975. The quantitative estimate of drug-likeness (QED) is 0.513. The van der Waals surface area contributed by atoms with Crippen LogP contribution in [-0.4, -0.2) is 18.2 Å². The first-order chi connectivity index (χ1) is 5.65. The number of hydrogen-bond donors (Lipinski definition) is 2. The van der Waals surface area contributed by atoms with Crippen molar-refractivity contribution >= 4 is 18.6 Å². The average molecular weight is 184 g/mol. The van der Waals surface area contributed by atoms with Gasteiger partial charge in [0, 0.05) is 4.90 Å². The van der Waals surface area contributed by atoms with Crippen LogP contribution in [0.5, 0.6) is 5.75 Å². The summed E-state index contributed by atoms with van der Waals surface area (Å²) in [6.45, 7) is 0. The predicted molar refractivity (Wildman–Crippen MR) is 46.7 cm³/mol. The Morgan fingerprint density at radius 1 is 1.58 bits per heavy atom. The van der Waals surface area contributed by atoms with Crippen LogP contribution in [-0.2, 0) is 4.74 Å². The Labute approximate surface area is 75.4 Å². The minimum atomic E-state index is -0.566. The third kappa shape index (κ3) is 1.71. The molecule has 1 aromatic carbocycles. The molecule has 1 rings (SSSR count). The van der Waals surface area contributed by atoms with Gasteiger partial charge in [0.2, 0.25) is 0 Å². The number of methoxy groups -OCH3 is 1. The zero-order valence-electron chi connectivity index (χ0n) is 6.44. The molecule has 0 saturated heterocycles. The molecule has 0 saturated carbocycles. The number of thiol groups is 1. The van der Waals surface area contributed by atoms with Crippen LogP contribution in [0.25, 0.3) is 0 Å². The maximum Gasteiger partial charge on any atom is 0.341 e. The number of carbonyl (C=O) groups excluding carboxylic acids is 1. The van der Waals surface area contributed by atoms with Crippen LogP contribution < -0.4 is 0 Å². The molecule has 0 amide bonds. The summed E-state index contributed by atoms with van der Waals surface area (Å²) in [4.78, 5) is 11.6. The molecule has 0 bridgehead atoms. The van der Waals surface area contributed by atoms with Crippen LogP contribution in [0.1, 0.15) is 10.4 Å². The third-order valence-electron chi connectivity index (χ3n) is 1.39. The summed E-state index contributed by atoms with van der Waals surface area (Å²) < 4.78 is 4.44. The first kappa shape index (κ1) is 8.93. The Bertz CT molecular complexity index is 309. The topological polar surface area (TPSA) is 46.5 Å². The van der Waals surface area contributed by atoms with Crippen molar-refractivity contribution in [2.24, 2.45) is 0 Å². The summed E-state index contributed by atoms with van der Waals surface area (Å²) in [6, 6.07) is 4.43. The number of ether oxygens (including phenoxy) is 1. The van der Waals surface area contributed by atoms with E-state index in [2.05, 4.69) is 17.4 Å².